The number of hydrogen-bond donors (Lipinski definition) is 2. The summed E-state index contributed by atoms with van der Waals surface area (Å²) in [6, 6.07) is 9.62. The highest BCUT2D eigenvalue weighted by molar-refractivity contribution is 7.92. The number of likely N-dealkylation sites (tertiary alicyclic amines) is 1. The smallest absolute Gasteiger partial charge is 0.408 e. The topological polar surface area (TPSA) is 130 Å². The van der Waals surface area contributed by atoms with Gasteiger partial charge in [0, 0.05) is 6.54 Å². The Balaban J connectivity index is 1.91. The molecule has 3 rings (SSSR count). The molecule has 0 spiro atoms. The van der Waals surface area contributed by atoms with Gasteiger partial charge in [-0.05, 0) is 55.5 Å². The van der Waals surface area contributed by atoms with Gasteiger partial charge in [0.2, 0.25) is 5.91 Å². The second kappa shape index (κ2) is 9.72. The molecule has 196 valence electrons. The van der Waals surface area contributed by atoms with Crippen LogP contribution in [-0.2, 0) is 24.2 Å². The van der Waals surface area contributed by atoms with Crippen molar-refractivity contribution in [2.45, 2.75) is 75.8 Å². The van der Waals surface area contributed by atoms with Crippen LogP contribution in [0.15, 0.2) is 47.4 Å². The minimum atomic E-state index is -3.94. The molecule has 1 aliphatic heterocycles. The van der Waals surface area contributed by atoms with Crippen molar-refractivity contribution in [2.24, 2.45) is 5.41 Å². The summed E-state index contributed by atoms with van der Waals surface area (Å²) < 4.78 is 32.3. The number of amides is 2. The lowest BCUT2D eigenvalue weighted by Crippen LogP contribution is -2.57. The maximum absolute atomic E-state index is 13.6. The number of nitrogens with one attached hydrogen (secondary N) is 1. The predicted octanol–water partition coefficient (Wildman–Crippen LogP) is 3.61. The van der Waals surface area contributed by atoms with Crippen molar-refractivity contribution >= 4 is 38.6 Å². The fraction of sp³-hybridized carbons (Fsp3) is 0.500. The van der Waals surface area contributed by atoms with Crippen LogP contribution in [0.2, 0.25) is 0 Å². The van der Waals surface area contributed by atoms with Crippen LogP contribution in [0.5, 0.6) is 0 Å². The molecule has 0 bridgehead atoms. The van der Waals surface area contributed by atoms with Gasteiger partial charge in [-0.2, -0.15) is 0 Å². The van der Waals surface area contributed by atoms with Gasteiger partial charge in [0.25, 0.3) is 0 Å². The van der Waals surface area contributed by atoms with E-state index in [2.05, 4.69) is 5.32 Å². The highest BCUT2D eigenvalue weighted by Crippen LogP contribution is 2.32. The zero-order chi connectivity index (χ0) is 27.1. The van der Waals surface area contributed by atoms with Gasteiger partial charge in [0.1, 0.15) is 17.7 Å². The third-order valence-corrected chi connectivity index (χ3v) is 8.22. The van der Waals surface area contributed by atoms with E-state index in [9.17, 15) is 27.9 Å². The van der Waals surface area contributed by atoms with E-state index in [0.29, 0.717) is 0 Å². The summed E-state index contributed by atoms with van der Waals surface area (Å²) in [5.41, 5.74) is -1.60. The van der Waals surface area contributed by atoms with E-state index >= 15 is 0 Å². The van der Waals surface area contributed by atoms with Crippen molar-refractivity contribution in [3.05, 3.63) is 42.5 Å². The van der Waals surface area contributed by atoms with Crippen LogP contribution in [0.4, 0.5) is 4.79 Å². The number of benzene rings is 2. The van der Waals surface area contributed by atoms with E-state index in [1.165, 1.54) is 6.07 Å². The molecule has 1 heterocycles. The molecular weight excluding hydrogens is 484 g/mol. The molecule has 1 fully saturated rings. The molecule has 0 saturated carbocycles. The molecule has 3 atom stereocenters. The monoisotopic (exact) mass is 518 g/mol. The van der Waals surface area contributed by atoms with Crippen LogP contribution in [-0.4, -0.2) is 65.9 Å². The highest BCUT2D eigenvalue weighted by atomic mass is 32.2. The van der Waals surface area contributed by atoms with Gasteiger partial charge < -0.3 is 20.1 Å². The van der Waals surface area contributed by atoms with Crippen LogP contribution in [0.25, 0.3) is 10.8 Å². The van der Waals surface area contributed by atoms with Gasteiger partial charge in [0.05, 0.1) is 10.1 Å². The molecule has 2 amide bonds. The SMILES string of the molecule is CC(C)(C)OC(=O)NC(C(=O)N1C[C@H](S(=O)(=O)c2ccc3ccccc3c2)C[C@H]1C(=O)O)C(C)(C)C. The first-order valence-electron chi connectivity index (χ1n) is 11.8. The molecule has 10 heteroatoms. The maximum atomic E-state index is 13.6. The highest BCUT2D eigenvalue weighted by Gasteiger charge is 2.48. The average molecular weight is 519 g/mol. The Morgan fingerprint density at radius 3 is 2.19 bits per heavy atom. The molecule has 0 aromatic heterocycles. The second-order valence-corrected chi connectivity index (χ2v) is 13.4. The van der Waals surface area contributed by atoms with Gasteiger partial charge in [0.15, 0.2) is 9.84 Å². The Kier molecular flexibility index (Phi) is 7.41. The molecule has 1 unspecified atom stereocenters. The average Bonchev–Trinajstić information content (AvgIpc) is 3.21. The van der Waals surface area contributed by atoms with Crippen LogP contribution in [0.1, 0.15) is 48.0 Å². The number of alkyl carbamates (subject to hydrolysis) is 1. The zero-order valence-electron chi connectivity index (χ0n) is 21.4. The molecule has 2 aromatic carbocycles. The largest absolute Gasteiger partial charge is 0.480 e. The normalized spacial score (nSPS) is 19.7. The van der Waals surface area contributed by atoms with E-state index in [-0.39, 0.29) is 17.9 Å². The number of carboxylic acid groups (broad SMARTS) is 1. The van der Waals surface area contributed by atoms with Crippen LogP contribution < -0.4 is 5.32 Å². The number of rotatable bonds is 5. The van der Waals surface area contributed by atoms with E-state index < -0.39 is 56.2 Å². The number of nitrogens with zero attached hydrogens (tertiary/aromatic N) is 1. The first kappa shape index (κ1) is 27.4. The van der Waals surface area contributed by atoms with Gasteiger partial charge in [-0.15, -0.1) is 0 Å². The summed E-state index contributed by atoms with van der Waals surface area (Å²) in [6.45, 7) is 9.93. The molecule has 1 aliphatic rings. The van der Waals surface area contributed by atoms with Crippen LogP contribution >= 0.6 is 0 Å². The van der Waals surface area contributed by atoms with E-state index in [4.69, 9.17) is 4.74 Å². The Labute approximate surface area is 211 Å². The summed E-state index contributed by atoms with van der Waals surface area (Å²) in [7, 11) is -3.94. The minimum Gasteiger partial charge on any atom is -0.480 e. The molecule has 2 aromatic rings. The first-order valence-corrected chi connectivity index (χ1v) is 13.3. The van der Waals surface area contributed by atoms with Gasteiger partial charge in [-0.3, -0.25) is 4.79 Å². The first-order chi connectivity index (χ1) is 16.5. The zero-order valence-corrected chi connectivity index (χ0v) is 22.3. The molecule has 9 nitrogen and oxygen atoms in total. The van der Waals surface area contributed by atoms with Crippen molar-refractivity contribution in [3.63, 3.8) is 0 Å². The fourth-order valence-corrected chi connectivity index (χ4v) is 6.00. The van der Waals surface area contributed by atoms with Gasteiger partial charge in [-0.1, -0.05) is 51.1 Å². The van der Waals surface area contributed by atoms with Crippen LogP contribution in [0, 0.1) is 5.41 Å². The molecule has 36 heavy (non-hydrogen) atoms. The van der Waals surface area contributed by atoms with Gasteiger partial charge in [-0.25, -0.2) is 18.0 Å². The predicted molar refractivity (Wildman–Crippen MR) is 135 cm³/mol. The Morgan fingerprint density at radius 1 is 1.03 bits per heavy atom. The third kappa shape index (κ3) is 5.98. The number of ether oxygens (including phenoxy) is 1. The number of hydrogen-bond acceptors (Lipinski definition) is 6. The third-order valence-electron chi connectivity index (χ3n) is 6.09. The van der Waals surface area contributed by atoms with Crippen molar-refractivity contribution in [3.8, 4) is 0 Å². The number of aliphatic carboxylic acids is 1. The van der Waals surface area contributed by atoms with Crippen molar-refractivity contribution < 1.29 is 32.6 Å². The standard InChI is InChI=1S/C26H34N2O7S/c1-25(2,3)21(27-24(32)35-26(4,5)6)22(29)28-15-19(14-20(28)23(30)31)36(33,34)18-12-11-16-9-7-8-10-17(16)13-18/h7-13,19-21H,14-15H2,1-6H3,(H,27,32)(H,30,31)/t19-,20+,21?/m1/s1. The quantitative estimate of drug-likeness (QED) is 0.618. The lowest BCUT2D eigenvalue weighted by atomic mass is 9.85. The van der Waals surface area contributed by atoms with Crippen molar-refractivity contribution in [1.82, 2.24) is 10.2 Å². The van der Waals surface area contributed by atoms with Crippen LogP contribution in [0.3, 0.4) is 0 Å². The number of sulfone groups is 1. The summed E-state index contributed by atoms with van der Waals surface area (Å²) in [6.07, 6.45) is -1.07. The summed E-state index contributed by atoms with van der Waals surface area (Å²) >= 11 is 0. The minimum absolute atomic E-state index is 0.0730. The number of fused-ring (bicyclic) bond motifs is 1. The van der Waals surface area contributed by atoms with Gasteiger partial charge >= 0.3 is 12.1 Å². The van der Waals surface area contributed by atoms with E-state index in [1.807, 2.05) is 12.1 Å². The molecular formula is C26H34N2O7S. The Morgan fingerprint density at radius 2 is 1.64 bits per heavy atom. The molecule has 1 saturated heterocycles. The second-order valence-electron chi connectivity index (χ2n) is 11.2. The molecule has 2 N–H and O–H groups in total. The van der Waals surface area contributed by atoms with E-state index in [1.54, 1.807) is 65.8 Å². The summed E-state index contributed by atoms with van der Waals surface area (Å²) in [5.74, 6) is -1.97. The Bertz CT molecular complexity index is 1280. The lowest BCUT2D eigenvalue weighted by Gasteiger charge is -2.35. The Hall–Kier alpha value is -3.14. The van der Waals surface area contributed by atoms with E-state index in [0.717, 1.165) is 15.7 Å². The van der Waals surface area contributed by atoms with Crippen molar-refractivity contribution in [2.75, 3.05) is 6.54 Å². The molecule has 0 aliphatic carbocycles. The summed E-state index contributed by atoms with van der Waals surface area (Å²) in [4.78, 5) is 39.2. The number of carbonyl (C=O) groups is 3. The molecule has 0 radical (unpaired) electrons. The number of carboxylic acids is 1. The lowest BCUT2D eigenvalue weighted by molar-refractivity contribution is -0.150. The number of carbonyl (C=O) groups excluding carboxylic acids is 2. The summed E-state index contributed by atoms with van der Waals surface area (Å²) in [5, 5.41) is 12.9. The maximum Gasteiger partial charge on any atom is 0.408 e. The fourth-order valence-electron chi connectivity index (χ4n) is 4.28. The van der Waals surface area contributed by atoms with Crippen molar-refractivity contribution in [1.29, 1.82) is 0 Å².